The Bertz CT molecular complexity index is 975. The molecule has 32 heavy (non-hydrogen) atoms. The van der Waals surface area contributed by atoms with Gasteiger partial charge in [-0.25, -0.2) is 0 Å². The van der Waals surface area contributed by atoms with Crippen LogP contribution in [0, 0.1) is 0 Å². The van der Waals surface area contributed by atoms with E-state index in [-0.39, 0.29) is 12.5 Å². The predicted octanol–water partition coefficient (Wildman–Crippen LogP) is 6.79. The number of aryl methyl sites for hydroxylation is 1. The maximum absolute atomic E-state index is 12.7. The highest BCUT2D eigenvalue weighted by atomic mass is 35.5. The molecule has 0 radical (unpaired) electrons. The fourth-order valence-corrected chi connectivity index (χ4v) is 2.80. The van der Waals surface area contributed by atoms with Crippen LogP contribution in [0.15, 0.2) is 54.6 Å². The summed E-state index contributed by atoms with van der Waals surface area (Å²) >= 11 is 5.96. The van der Waals surface area contributed by atoms with Crippen molar-refractivity contribution in [2.75, 3.05) is 11.9 Å². The summed E-state index contributed by atoms with van der Waals surface area (Å²) in [6.45, 7) is 7.97. The Morgan fingerprint density at radius 1 is 1.09 bits per heavy atom. The molecule has 5 nitrogen and oxygen atoms in total. The summed E-state index contributed by atoms with van der Waals surface area (Å²) in [6.07, 6.45) is -2.89. The number of para-hydroxylation sites is 2. The van der Waals surface area contributed by atoms with E-state index < -0.39 is 11.9 Å². The third kappa shape index (κ3) is 7.60. The molecule has 0 aliphatic rings. The summed E-state index contributed by atoms with van der Waals surface area (Å²) < 4.78 is 44.2. The van der Waals surface area contributed by atoms with Gasteiger partial charge in [0.05, 0.1) is 17.3 Å². The third-order valence-electron chi connectivity index (χ3n) is 3.95. The van der Waals surface area contributed by atoms with Crippen molar-refractivity contribution in [3.63, 3.8) is 0 Å². The van der Waals surface area contributed by atoms with Crippen molar-refractivity contribution in [1.82, 2.24) is 9.78 Å². The van der Waals surface area contributed by atoms with E-state index >= 15 is 0 Å². The van der Waals surface area contributed by atoms with Gasteiger partial charge >= 0.3 is 6.18 Å². The Morgan fingerprint density at radius 3 is 2.28 bits per heavy atom. The molecule has 0 saturated carbocycles. The second-order valence-corrected chi connectivity index (χ2v) is 6.34. The van der Waals surface area contributed by atoms with Crippen LogP contribution in [0.3, 0.4) is 0 Å². The van der Waals surface area contributed by atoms with Gasteiger partial charge in [-0.15, -0.1) is 0 Å². The van der Waals surface area contributed by atoms with Gasteiger partial charge in [0.15, 0.2) is 5.69 Å². The number of rotatable bonds is 6. The van der Waals surface area contributed by atoms with E-state index in [4.69, 9.17) is 16.3 Å². The quantitative estimate of drug-likeness (QED) is 0.404. The van der Waals surface area contributed by atoms with Crippen molar-refractivity contribution in [1.29, 1.82) is 0 Å². The van der Waals surface area contributed by atoms with Gasteiger partial charge in [0, 0.05) is 11.8 Å². The Balaban J connectivity index is 0.000000335. The van der Waals surface area contributed by atoms with Crippen molar-refractivity contribution in [2.24, 2.45) is 0 Å². The molecule has 0 atom stereocenters. The molecular formula is C23H27ClF3N3O2. The Hall–Kier alpha value is -3.00. The van der Waals surface area contributed by atoms with Crippen LogP contribution in [-0.2, 0) is 17.4 Å². The molecule has 1 N–H and O–H groups in total. The largest absolute Gasteiger partial charge is 0.478 e. The number of amides is 1. The zero-order valence-corrected chi connectivity index (χ0v) is 19.2. The minimum atomic E-state index is -4.53. The Labute approximate surface area is 191 Å². The van der Waals surface area contributed by atoms with Gasteiger partial charge < -0.3 is 10.1 Å². The van der Waals surface area contributed by atoms with Crippen LogP contribution in [0.1, 0.15) is 39.0 Å². The molecule has 3 aromatic rings. The van der Waals surface area contributed by atoms with Crippen LogP contribution in [0.25, 0.3) is 5.69 Å². The highest BCUT2D eigenvalue weighted by Crippen LogP contribution is 2.33. The lowest BCUT2D eigenvalue weighted by molar-refractivity contribution is -0.141. The van der Waals surface area contributed by atoms with Gasteiger partial charge in [0.1, 0.15) is 0 Å². The number of alkyl halides is 3. The molecule has 9 heteroatoms. The van der Waals surface area contributed by atoms with Crippen LogP contribution < -0.4 is 10.1 Å². The lowest BCUT2D eigenvalue weighted by Crippen LogP contribution is -2.07. The number of hydrogen-bond acceptors (Lipinski definition) is 3. The maximum atomic E-state index is 12.7. The summed E-state index contributed by atoms with van der Waals surface area (Å²) in [6, 6.07) is 15.1. The molecule has 0 saturated heterocycles. The normalized spacial score (nSPS) is 10.2. The molecule has 1 aromatic heterocycles. The van der Waals surface area contributed by atoms with E-state index in [1.165, 1.54) is 5.56 Å². The van der Waals surface area contributed by atoms with E-state index in [0.717, 1.165) is 22.9 Å². The lowest BCUT2D eigenvalue weighted by atomic mass is 10.1. The fraction of sp³-hybridized carbons (Fsp3) is 0.304. The smallest absolute Gasteiger partial charge is 0.435 e. The highest BCUT2D eigenvalue weighted by Gasteiger charge is 2.35. The summed E-state index contributed by atoms with van der Waals surface area (Å²) in [7, 11) is 0. The van der Waals surface area contributed by atoms with E-state index in [1.54, 1.807) is 31.2 Å². The maximum Gasteiger partial charge on any atom is 0.435 e. The standard InChI is InChI=1S/C12H10ClF3N2O.C9H11NO.C2H6/c1-2-19-11-7-10(12(14,15)16)17-18(11)9-6-4-3-5-8(9)13;1-2-8-5-3-4-6-9(8)10-7-11;1-2/h3-7H,2H2,1H3;3-7H,2H2,1H3,(H,10,11);1-2H3. The number of nitrogens with zero attached hydrogens (tertiary/aromatic N) is 2. The molecule has 0 aliphatic carbocycles. The summed E-state index contributed by atoms with van der Waals surface area (Å²) in [5.74, 6) is 0.00271. The number of hydrogen-bond donors (Lipinski definition) is 1. The van der Waals surface area contributed by atoms with Crippen LogP contribution in [0.2, 0.25) is 5.02 Å². The number of carbonyl (C=O) groups excluding carboxylic acids is 1. The average molecular weight is 470 g/mol. The summed E-state index contributed by atoms with van der Waals surface area (Å²) in [5, 5.41) is 6.45. The first-order chi connectivity index (χ1) is 15.3. The minimum absolute atomic E-state index is 0.00271. The molecule has 0 fully saturated rings. The Morgan fingerprint density at radius 2 is 1.72 bits per heavy atom. The van der Waals surface area contributed by atoms with Crippen molar-refractivity contribution >= 4 is 23.7 Å². The third-order valence-corrected chi connectivity index (χ3v) is 4.27. The molecule has 0 bridgehead atoms. The minimum Gasteiger partial charge on any atom is -0.478 e. The van der Waals surface area contributed by atoms with Gasteiger partial charge in [0.25, 0.3) is 0 Å². The van der Waals surface area contributed by atoms with E-state index in [2.05, 4.69) is 17.3 Å². The van der Waals surface area contributed by atoms with Crippen LogP contribution in [-0.4, -0.2) is 22.8 Å². The molecule has 0 spiro atoms. The zero-order chi connectivity index (χ0) is 24.1. The zero-order valence-electron chi connectivity index (χ0n) is 18.4. The van der Waals surface area contributed by atoms with Gasteiger partial charge in [0.2, 0.25) is 12.3 Å². The number of nitrogens with one attached hydrogen (secondary N) is 1. The van der Waals surface area contributed by atoms with Crippen molar-refractivity contribution in [3.05, 3.63) is 70.9 Å². The molecule has 0 aliphatic heterocycles. The fourth-order valence-electron chi connectivity index (χ4n) is 2.58. The number of halogens is 4. The monoisotopic (exact) mass is 469 g/mol. The van der Waals surface area contributed by atoms with Gasteiger partial charge in [-0.05, 0) is 37.1 Å². The topological polar surface area (TPSA) is 56.1 Å². The van der Waals surface area contributed by atoms with Crippen molar-refractivity contribution < 1.29 is 22.7 Å². The van der Waals surface area contributed by atoms with Gasteiger partial charge in [-0.3, -0.25) is 4.79 Å². The first-order valence-electron chi connectivity index (χ1n) is 10.1. The van der Waals surface area contributed by atoms with E-state index in [0.29, 0.717) is 17.1 Å². The van der Waals surface area contributed by atoms with Crippen LogP contribution in [0.4, 0.5) is 18.9 Å². The first kappa shape index (κ1) is 27.0. The number of aromatic nitrogens is 2. The molecule has 1 heterocycles. The number of ether oxygens (including phenoxy) is 1. The molecule has 3 rings (SSSR count). The van der Waals surface area contributed by atoms with Crippen LogP contribution in [0.5, 0.6) is 5.88 Å². The number of benzene rings is 2. The number of carbonyl (C=O) groups is 1. The summed E-state index contributed by atoms with van der Waals surface area (Å²) in [4.78, 5) is 10.1. The molecule has 2 aromatic carbocycles. The van der Waals surface area contributed by atoms with Crippen LogP contribution >= 0.6 is 11.6 Å². The molecule has 174 valence electrons. The highest BCUT2D eigenvalue weighted by molar-refractivity contribution is 6.32. The SMILES string of the molecule is CC.CCOc1cc(C(F)(F)F)nn1-c1ccccc1Cl.CCc1ccccc1NC=O. The molecular weight excluding hydrogens is 443 g/mol. The lowest BCUT2D eigenvalue weighted by Gasteiger charge is -2.08. The molecule has 0 unspecified atom stereocenters. The van der Waals surface area contributed by atoms with E-state index in [9.17, 15) is 18.0 Å². The first-order valence-corrected chi connectivity index (χ1v) is 10.5. The second kappa shape index (κ2) is 13.4. The number of anilines is 1. The van der Waals surface area contributed by atoms with Crippen molar-refractivity contribution in [3.8, 4) is 11.6 Å². The predicted molar refractivity (Wildman–Crippen MR) is 122 cm³/mol. The second-order valence-electron chi connectivity index (χ2n) is 5.93. The average Bonchev–Trinajstić information content (AvgIpc) is 3.21. The Kier molecular flexibility index (Phi) is 11.3. The van der Waals surface area contributed by atoms with Crippen molar-refractivity contribution in [2.45, 2.75) is 40.3 Å². The summed E-state index contributed by atoms with van der Waals surface area (Å²) in [5.41, 5.74) is 1.39. The van der Waals surface area contributed by atoms with E-state index in [1.807, 2.05) is 38.1 Å². The molecule has 1 amide bonds. The van der Waals surface area contributed by atoms with Gasteiger partial charge in [-0.1, -0.05) is 62.7 Å². The van der Waals surface area contributed by atoms with Gasteiger partial charge in [-0.2, -0.15) is 23.0 Å².